The van der Waals surface area contributed by atoms with E-state index in [2.05, 4.69) is 10.1 Å². The number of carbonyl (C=O) groups excluding carboxylic acids is 2. The molecule has 1 aliphatic rings. The highest BCUT2D eigenvalue weighted by Crippen LogP contribution is 2.44. The molecular formula is C25H25N3O6. The van der Waals surface area contributed by atoms with Crippen LogP contribution in [-0.2, 0) is 14.3 Å². The van der Waals surface area contributed by atoms with Crippen LogP contribution in [-0.4, -0.2) is 40.8 Å². The molecule has 0 radical (unpaired) electrons. The molecule has 9 nitrogen and oxygen atoms in total. The minimum Gasteiger partial charge on any atom is -0.503 e. The number of rotatable bonds is 8. The lowest BCUT2D eigenvalue weighted by Crippen LogP contribution is -2.31. The van der Waals surface area contributed by atoms with Gasteiger partial charge in [0.05, 0.1) is 11.6 Å². The van der Waals surface area contributed by atoms with Crippen molar-refractivity contribution in [2.45, 2.75) is 26.8 Å². The number of nitrogens with zero attached hydrogens (tertiary/aromatic N) is 3. The zero-order chi connectivity index (χ0) is 24.4. The lowest BCUT2D eigenvalue weighted by molar-refractivity contribution is -0.119. The van der Waals surface area contributed by atoms with Crippen molar-refractivity contribution in [3.8, 4) is 17.1 Å². The maximum absolute atomic E-state index is 13.3. The summed E-state index contributed by atoms with van der Waals surface area (Å²) >= 11 is 0. The average Bonchev–Trinajstić information content (AvgIpc) is 3.38. The van der Waals surface area contributed by atoms with Crippen LogP contribution >= 0.6 is 0 Å². The molecular weight excluding hydrogens is 438 g/mol. The third kappa shape index (κ3) is 4.17. The molecule has 0 aliphatic carbocycles. The molecule has 1 atom stereocenters. The van der Waals surface area contributed by atoms with Crippen LogP contribution in [0.15, 0.2) is 64.4 Å². The third-order valence-corrected chi connectivity index (χ3v) is 5.48. The van der Waals surface area contributed by atoms with Gasteiger partial charge in [0, 0.05) is 36.8 Å². The van der Waals surface area contributed by atoms with Crippen LogP contribution < -0.4 is 9.64 Å². The van der Waals surface area contributed by atoms with Gasteiger partial charge in [-0.2, -0.15) is 4.98 Å². The maximum Gasteiger partial charge on any atom is 0.294 e. The largest absolute Gasteiger partial charge is 0.503 e. The van der Waals surface area contributed by atoms with Gasteiger partial charge in [0.15, 0.2) is 18.3 Å². The van der Waals surface area contributed by atoms with E-state index >= 15 is 0 Å². The van der Waals surface area contributed by atoms with E-state index in [-0.39, 0.29) is 18.1 Å². The molecule has 34 heavy (non-hydrogen) atoms. The lowest BCUT2D eigenvalue weighted by Gasteiger charge is -2.28. The minimum absolute atomic E-state index is 0.0142. The number of aryl methyl sites for hydroxylation is 1. The predicted octanol–water partition coefficient (Wildman–Crippen LogP) is 4.15. The molecule has 9 heteroatoms. The van der Waals surface area contributed by atoms with E-state index in [0.29, 0.717) is 34.3 Å². The van der Waals surface area contributed by atoms with Crippen molar-refractivity contribution in [3.05, 3.63) is 71.3 Å². The van der Waals surface area contributed by atoms with Gasteiger partial charge in [-0.1, -0.05) is 37.2 Å². The van der Waals surface area contributed by atoms with Crippen molar-refractivity contribution < 1.29 is 28.7 Å². The van der Waals surface area contributed by atoms with E-state index < -0.39 is 23.6 Å². The number of amides is 1. The molecule has 3 aromatic rings. The molecule has 0 fully saturated rings. The highest BCUT2D eigenvalue weighted by Gasteiger charge is 2.45. The Labute approximate surface area is 196 Å². The second-order valence-corrected chi connectivity index (χ2v) is 8.13. The van der Waals surface area contributed by atoms with Crippen LogP contribution in [0.25, 0.3) is 11.4 Å². The highest BCUT2D eigenvalue weighted by molar-refractivity contribution is 6.17. The van der Waals surface area contributed by atoms with Crippen molar-refractivity contribution >= 4 is 17.4 Å². The summed E-state index contributed by atoms with van der Waals surface area (Å²) in [6.45, 7) is 5.13. The second-order valence-electron chi connectivity index (χ2n) is 8.13. The number of aliphatic hydroxyl groups excluding tert-OH is 1. The Morgan fingerprint density at radius 3 is 2.50 bits per heavy atom. The molecule has 0 spiro atoms. The predicted molar refractivity (Wildman–Crippen MR) is 123 cm³/mol. The Balaban J connectivity index is 1.82. The molecule has 1 amide bonds. The summed E-state index contributed by atoms with van der Waals surface area (Å²) in [7, 11) is 1.50. The fraction of sp³-hybridized carbons (Fsp3) is 0.280. The van der Waals surface area contributed by atoms with E-state index in [1.165, 1.54) is 12.0 Å². The van der Waals surface area contributed by atoms with Crippen LogP contribution in [0.3, 0.4) is 0 Å². The van der Waals surface area contributed by atoms with Gasteiger partial charge in [-0.05, 0) is 30.3 Å². The Kier molecular flexibility index (Phi) is 6.47. The first-order chi connectivity index (χ1) is 16.3. The number of anilines is 1. The molecule has 4 rings (SSSR count). The Morgan fingerprint density at radius 2 is 1.88 bits per heavy atom. The van der Waals surface area contributed by atoms with E-state index in [4.69, 9.17) is 14.0 Å². The van der Waals surface area contributed by atoms with Crippen molar-refractivity contribution in [1.82, 2.24) is 10.1 Å². The number of benzene rings is 2. The van der Waals surface area contributed by atoms with Crippen LogP contribution in [0, 0.1) is 12.8 Å². The van der Waals surface area contributed by atoms with Gasteiger partial charge >= 0.3 is 0 Å². The number of para-hydroxylation sites is 1. The summed E-state index contributed by atoms with van der Waals surface area (Å²) in [5.41, 5.74) is 1.77. The van der Waals surface area contributed by atoms with Gasteiger partial charge in [0.1, 0.15) is 5.75 Å². The standard InChI is InChI=1S/C25H25N3O6/c1-14(2)22(29)20-21(18-7-5-6-8-19(18)33-13-32-4)28(25(31)23(20)30)17-11-9-16(10-12-17)24-26-15(3)34-27-24/h5-12,14,21,30H,13H2,1-4H3. The highest BCUT2D eigenvalue weighted by atomic mass is 16.7. The zero-order valence-electron chi connectivity index (χ0n) is 19.3. The first-order valence-electron chi connectivity index (χ1n) is 10.8. The minimum atomic E-state index is -0.881. The number of hydrogen-bond acceptors (Lipinski definition) is 8. The Morgan fingerprint density at radius 1 is 1.18 bits per heavy atom. The summed E-state index contributed by atoms with van der Waals surface area (Å²) in [6, 6.07) is 13.1. The summed E-state index contributed by atoms with van der Waals surface area (Å²) < 4.78 is 15.8. The number of carbonyl (C=O) groups is 2. The molecule has 2 aromatic carbocycles. The van der Waals surface area contributed by atoms with Crippen LogP contribution in [0.2, 0.25) is 0 Å². The van der Waals surface area contributed by atoms with Crippen molar-refractivity contribution in [3.63, 3.8) is 0 Å². The fourth-order valence-corrected chi connectivity index (χ4v) is 3.88. The molecule has 1 aromatic heterocycles. The lowest BCUT2D eigenvalue weighted by atomic mass is 9.90. The smallest absolute Gasteiger partial charge is 0.294 e. The fourth-order valence-electron chi connectivity index (χ4n) is 3.88. The van der Waals surface area contributed by atoms with Crippen molar-refractivity contribution in [1.29, 1.82) is 0 Å². The van der Waals surface area contributed by atoms with E-state index in [1.807, 2.05) is 0 Å². The van der Waals surface area contributed by atoms with Gasteiger partial charge in [-0.3, -0.25) is 14.5 Å². The molecule has 2 heterocycles. The number of Topliss-reactive ketones (excluding diaryl/α,β-unsaturated/α-hetero) is 1. The van der Waals surface area contributed by atoms with Crippen LogP contribution in [0.5, 0.6) is 5.75 Å². The first-order valence-corrected chi connectivity index (χ1v) is 10.8. The molecule has 0 saturated heterocycles. The number of ether oxygens (including phenoxy) is 2. The summed E-state index contributed by atoms with van der Waals surface area (Å²) in [4.78, 5) is 32.0. The second kappa shape index (κ2) is 9.48. The van der Waals surface area contributed by atoms with Gasteiger partial charge in [-0.15, -0.1) is 0 Å². The quantitative estimate of drug-likeness (QED) is 0.496. The Hall–Kier alpha value is -3.98. The SMILES string of the molecule is COCOc1ccccc1C1C(C(=O)C(C)C)=C(O)C(=O)N1c1ccc(-c2noc(C)n2)cc1. The van der Waals surface area contributed by atoms with Gasteiger partial charge in [-0.25, -0.2) is 0 Å². The summed E-state index contributed by atoms with van der Waals surface area (Å²) in [5.74, 6) is -0.686. The third-order valence-electron chi connectivity index (χ3n) is 5.48. The van der Waals surface area contributed by atoms with Gasteiger partial charge in [0.2, 0.25) is 11.7 Å². The number of ketones is 1. The van der Waals surface area contributed by atoms with Gasteiger partial charge in [0.25, 0.3) is 5.91 Å². The Bertz CT molecular complexity index is 1250. The molecule has 1 aliphatic heterocycles. The average molecular weight is 463 g/mol. The zero-order valence-corrected chi connectivity index (χ0v) is 19.3. The number of aliphatic hydroxyl groups is 1. The van der Waals surface area contributed by atoms with E-state index in [1.54, 1.807) is 69.3 Å². The van der Waals surface area contributed by atoms with Gasteiger partial charge < -0.3 is 19.1 Å². The summed E-state index contributed by atoms with van der Waals surface area (Å²) in [5, 5.41) is 14.7. The maximum atomic E-state index is 13.3. The topological polar surface area (TPSA) is 115 Å². The van der Waals surface area contributed by atoms with Crippen molar-refractivity contribution in [2.24, 2.45) is 5.92 Å². The number of aromatic nitrogens is 2. The monoisotopic (exact) mass is 463 g/mol. The van der Waals surface area contributed by atoms with Crippen LogP contribution in [0.4, 0.5) is 5.69 Å². The molecule has 1 N–H and O–H groups in total. The number of methoxy groups -OCH3 is 1. The van der Waals surface area contributed by atoms with E-state index in [9.17, 15) is 14.7 Å². The van der Waals surface area contributed by atoms with Crippen molar-refractivity contribution in [2.75, 3.05) is 18.8 Å². The first kappa shape index (κ1) is 23.2. The van der Waals surface area contributed by atoms with E-state index in [0.717, 1.165) is 0 Å². The van der Waals surface area contributed by atoms with Crippen LogP contribution in [0.1, 0.15) is 31.3 Å². The molecule has 0 saturated carbocycles. The summed E-state index contributed by atoms with van der Waals surface area (Å²) in [6.07, 6.45) is 0. The normalized spacial score (nSPS) is 16.0. The molecule has 0 bridgehead atoms. The molecule has 1 unspecified atom stereocenters. The molecule has 176 valence electrons. The number of hydrogen-bond donors (Lipinski definition) is 1.